The molecule has 3 heterocycles. The molecule has 7 nitrogen and oxygen atoms in total. The fourth-order valence-electron chi connectivity index (χ4n) is 1.93. The molecule has 0 bridgehead atoms. The van der Waals surface area contributed by atoms with E-state index in [9.17, 15) is 0 Å². The van der Waals surface area contributed by atoms with Crippen LogP contribution in [-0.4, -0.2) is 30.2 Å². The molecule has 8 heteroatoms. The number of nitrogens with zero attached hydrogens (tertiary/aromatic N) is 6. The molecule has 0 atom stereocenters. The zero-order valence-electron chi connectivity index (χ0n) is 11.8. The molecule has 0 amide bonds. The highest BCUT2D eigenvalue weighted by molar-refractivity contribution is 7.99. The average Bonchev–Trinajstić information content (AvgIpc) is 3.05. The van der Waals surface area contributed by atoms with Crippen molar-refractivity contribution in [2.24, 2.45) is 0 Å². The predicted octanol–water partition coefficient (Wildman–Crippen LogP) is 2.86. The average molecular weight is 322 g/mol. The number of fused-ring (bicyclic) bond motifs is 1. The lowest BCUT2D eigenvalue weighted by Gasteiger charge is -2.05. The second-order valence-corrected chi connectivity index (χ2v) is 5.70. The molecule has 0 N–H and O–H groups in total. The van der Waals surface area contributed by atoms with E-state index in [0.29, 0.717) is 17.3 Å². The first-order valence-electron chi connectivity index (χ1n) is 6.78. The summed E-state index contributed by atoms with van der Waals surface area (Å²) in [6, 6.07) is 15.2. The standard InChI is InChI=1S/C15H10N6OS/c1-3-12(23-13-7-9-16-10-8-13)4-2-11(1)22-15-6-5-14-17-19-20-21(14)18-15/h1-10H. The van der Waals surface area contributed by atoms with Gasteiger partial charge in [-0.05, 0) is 52.9 Å². The third kappa shape index (κ3) is 3.11. The summed E-state index contributed by atoms with van der Waals surface area (Å²) in [7, 11) is 0. The zero-order chi connectivity index (χ0) is 15.5. The van der Waals surface area contributed by atoms with Crippen molar-refractivity contribution >= 4 is 17.4 Å². The number of ether oxygens (including phenoxy) is 1. The van der Waals surface area contributed by atoms with E-state index in [1.54, 1.807) is 36.3 Å². The van der Waals surface area contributed by atoms with Gasteiger partial charge >= 0.3 is 0 Å². The summed E-state index contributed by atoms with van der Waals surface area (Å²) in [6.45, 7) is 0. The molecule has 4 rings (SSSR count). The molecule has 0 aliphatic carbocycles. The van der Waals surface area contributed by atoms with Crippen LogP contribution in [0.5, 0.6) is 11.6 Å². The summed E-state index contributed by atoms with van der Waals surface area (Å²) >= 11 is 1.66. The van der Waals surface area contributed by atoms with Gasteiger partial charge in [-0.1, -0.05) is 11.8 Å². The van der Waals surface area contributed by atoms with Crippen LogP contribution in [0.4, 0.5) is 0 Å². The SMILES string of the molecule is c1cc(Sc2ccc(Oc3ccc4nnnn4n3)cc2)ccn1. The van der Waals surface area contributed by atoms with Gasteiger partial charge in [-0.3, -0.25) is 4.98 Å². The van der Waals surface area contributed by atoms with Gasteiger partial charge in [0.15, 0.2) is 5.65 Å². The van der Waals surface area contributed by atoms with Crippen LogP contribution in [0.3, 0.4) is 0 Å². The molecule has 0 saturated carbocycles. The van der Waals surface area contributed by atoms with E-state index in [0.717, 1.165) is 9.79 Å². The maximum absolute atomic E-state index is 5.71. The lowest BCUT2D eigenvalue weighted by atomic mass is 10.3. The van der Waals surface area contributed by atoms with Crippen LogP contribution < -0.4 is 4.74 Å². The quantitative estimate of drug-likeness (QED) is 0.571. The van der Waals surface area contributed by atoms with Crippen LogP contribution in [0.2, 0.25) is 0 Å². The minimum absolute atomic E-state index is 0.430. The minimum atomic E-state index is 0.430. The second-order valence-electron chi connectivity index (χ2n) is 4.56. The van der Waals surface area contributed by atoms with Crippen molar-refractivity contribution < 1.29 is 4.74 Å². The van der Waals surface area contributed by atoms with E-state index in [1.807, 2.05) is 36.4 Å². The summed E-state index contributed by atoms with van der Waals surface area (Å²) in [5.74, 6) is 1.13. The largest absolute Gasteiger partial charge is 0.438 e. The first kappa shape index (κ1) is 13.6. The Kier molecular flexibility index (Phi) is 3.57. The van der Waals surface area contributed by atoms with Crippen LogP contribution in [0.25, 0.3) is 5.65 Å². The van der Waals surface area contributed by atoms with Crippen molar-refractivity contribution in [3.63, 3.8) is 0 Å². The number of rotatable bonds is 4. The molecule has 0 aliphatic rings. The van der Waals surface area contributed by atoms with Gasteiger partial charge < -0.3 is 4.74 Å². The molecule has 0 unspecified atom stereocenters. The van der Waals surface area contributed by atoms with Crippen molar-refractivity contribution in [1.82, 2.24) is 30.2 Å². The Morgan fingerprint density at radius 2 is 1.65 bits per heavy atom. The third-order valence-corrected chi connectivity index (χ3v) is 3.99. The smallest absolute Gasteiger partial charge is 0.239 e. The van der Waals surface area contributed by atoms with E-state index in [4.69, 9.17) is 4.74 Å². The highest BCUT2D eigenvalue weighted by Crippen LogP contribution is 2.29. The van der Waals surface area contributed by atoms with Crippen LogP contribution in [0.15, 0.2) is 70.7 Å². The molecule has 0 radical (unpaired) electrons. The number of tetrazole rings is 1. The Bertz CT molecular complexity index is 926. The summed E-state index contributed by atoms with van der Waals surface area (Å²) in [5.41, 5.74) is 0.571. The zero-order valence-corrected chi connectivity index (χ0v) is 12.6. The Balaban J connectivity index is 1.49. The number of pyridine rings is 1. The molecule has 112 valence electrons. The van der Waals surface area contributed by atoms with Gasteiger partial charge in [0.25, 0.3) is 0 Å². The van der Waals surface area contributed by atoms with Gasteiger partial charge in [0.2, 0.25) is 5.88 Å². The molecular weight excluding hydrogens is 312 g/mol. The van der Waals surface area contributed by atoms with Crippen molar-refractivity contribution in [2.75, 3.05) is 0 Å². The number of hydrogen-bond acceptors (Lipinski definition) is 7. The van der Waals surface area contributed by atoms with E-state index in [1.165, 1.54) is 4.63 Å². The molecule has 1 aromatic carbocycles. The summed E-state index contributed by atoms with van der Waals surface area (Å²) in [5, 5.41) is 15.2. The van der Waals surface area contributed by atoms with Gasteiger partial charge in [-0.2, -0.15) is 0 Å². The number of benzene rings is 1. The van der Waals surface area contributed by atoms with Crippen molar-refractivity contribution in [2.45, 2.75) is 9.79 Å². The van der Waals surface area contributed by atoms with Crippen molar-refractivity contribution in [3.8, 4) is 11.6 Å². The first-order chi connectivity index (χ1) is 11.4. The Hall–Kier alpha value is -3.00. The molecule has 23 heavy (non-hydrogen) atoms. The number of hydrogen-bond donors (Lipinski definition) is 0. The van der Waals surface area contributed by atoms with Gasteiger partial charge in [0, 0.05) is 28.3 Å². The fraction of sp³-hybridized carbons (Fsp3) is 0. The Morgan fingerprint density at radius 1 is 0.870 bits per heavy atom. The third-order valence-electron chi connectivity index (χ3n) is 2.98. The molecule has 3 aromatic heterocycles. The maximum Gasteiger partial charge on any atom is 0.239 e. The minimum Gasteiger partial charge on any atom is -0.438 e. The molecule has 0 fully saturated rings. The van der Waals surface area contributed by atoms with E-state index in [2.05, 4.69) is 25.6 Å². The van der Waals surface area contributed by atoms with Gasteiger partial charge in [-0.15, -0.1) is 14.8 Å². The maximum atomic E-state index is 5.71. The van der Waals surface area contributed by atoms with Gasteiger partial charge in [-0.25, -0.2) is 0 Å². The number of aromatic nitrogens is 6. The van der Waals surface area contributed by atoms with E-state index in [-0.39, 0.29) is 0 Å². The van der Waals surface area contributed by atoms with Crippen molar-refractivity contribution in [1.29, 1.82) is 0 Å². The van der Waals surface area contributed by atoms with Crippen LogP contribution >= 0.6 is 11.8 Å². The monoisotopic (exact) mass is 322 g/mol. The van der Waals surface area contributed by atoms with E-state index < -0.39 is 0 Å². The normalized spacial score (nSPS) is 10.8. The van der Waals surface area contributed by atoms with Crippen LogP contribution in [0.1, 0.15) is 0 Å². The molecule has 4 aromatic rings. The highest BCUT2D eigenvalue weighted by atomic mass is 32.2. The highest BCUT2D eigenvalue weighted by Gasteiger charge is 2.04. The lowest BCUT2D eigenvalue weighted by Crippen LogP contribution is -1.96. The topological polar surface area (TPSA) is 78.1 Å². The van der Waals surface area contributed by atoms with E-state index >= 15 is 0 Å². The lowest BCUT2D eigenvalue weighted by molar-refractivity contribution is 0.446. The van der Waals surface area contributed by atoms with Crippen molar-refractivity contribution in [3.05, 3.63) is 60.9 Å². The van der Waals surface area contributed by atoms with Gasteiger partial charge in [0.1, 0.15) is 5.75 Å². The van der Waals surface area contributed by atoms with Crippen LogP contribution in [-0.2, 0) is 0 Å². The Labute approximate surface area is 135 Å². The summed E-state index contributed by atoms with van der Waals surface area (Å²) in [6.07, 6.45) is 3.56. The molecule has 0 saturated heterocycles. The first-order valence-corrected chi connectivity index (χ1v) is 7.60. The predicted molar refractivity (Wildman–Crippen MR) is 83.5 cm³/mol. The summed E-state index contributed by atoms with van der Waals surface area (Å²) in [4.78, 5) is 6.27. The Morgan fingerprint density at radius 3 is 2.48 bits per heavy atom. The van der Waals surface area contributed by atoms with Crippen LogP contribution in [0, 0.1) is 0 Å². The molecule has 0 spiro atoms. The molecular formula is C15H10N6OS. The molecule has 0 aliphatic heterocycles. The fourth-order valence-corrected chi connectivity index (χ4v) is 2.73. The summed E-state index contributed by atoms with van der Waals surface area (Å²) < 4.78 is 7.04. The second kappa shape index (κ2) is 6.01. The van der Waals surface area contributed by atoms with Gasteiger partial charge in [0.05, 0.1) is 0 Å².